The summed E-state index contributed by atoms with van der Waals surface area (Å²) in [5.74, 6) is -0.928. The zero-order valence-electron chi connectivity index (χ0n) is 22.2. The van der Waals surface area contributed by atoms with Crippen LogP contribution < -0.4 is 10.5 Å². The molecular weight excluding hydrogens is 494 g/mol. The standard InChI is InChI=1S/C30H33N5O4/c1-19(26-21-11-6-7-12-22(21)27(36)32-31-26)28(37)34-17-15-33(16-18-34)24-14-8-13-23-25(24)30(39)35(29(23)38)20-9-4-2-3-5-10-20/h6-8,11-14,19-20H,2-5,9-10,15-18H2,1H3,(H,32,36)/t19-/m1/s1. The van der Waals surface area contributed by atoms with E-state index in [0.717, 1.165) is 44.2 Å². The maximum Gasteiger partial charge on any atom is 0.272 e. The number of fused-ring (bicyclic) bond motifs is 2. The number of H-pyrrole nitrogens is 1. The number of rotatable bonds is 4. The number of carbonyl (C=O) groups excluding carboxylic acids is 3. The molecule has 2 aliphatic heterocycles. The molecule has 9 heteroatoms. The van der Waals surface area contributed by atoms with Gasteiger partial charge in [-0.1, -0.05) is 49.9 Å². The van der Waals surface area contributed by atoms with Gasteiger partial charge in [0.1, 0.15) is 0 Å². The number of benzene rings is 2. The van der Waals surface area contributed by atoms with E-state index in [1.807, 2.05) is 36.1 Å². The topological polar surface area (TPSA) is 107 Å². The fraction of sp³-hybridized carbons (Fsp3) is 0.433. The summed E-state index contributed by atoms with van der Waals surface area (Å²) < 4.78 is 0. The van der Waals surface area contributed by atoms with Crippen molar-refractivity contribution in [2.24, 2.45) is 0 Å². The van der Waals surface area contributed by atoms with E-state index in [4.69, 9.17) is 0 Å². The minimum Gasteiger partial charge on any atom is -0.367 e. The average molecular weight is 528 g/mol. The summed E-state index contributed by atoms with van der Waals surface area (Å²) in [6.45, 7) is 3.91. The molecule has 1 saturated heterocycles. The highest BCUT2D eigenvalue weighted by atomic mass is 16.2. The Balaban J connectivity index is 1.18. The SMILES string of the molecule is C[C@@H](C(=O)N1CCN(c2cccc3c2C(=O)N(C2CCCCCC2)C3=O)CC1)c1n[nH]c(=O)c2ccccc12. The van der Waals surface area contributed by atoms with Crippen LogP contribution in [0.1, 0.15) is 77.8 Å². The second kappa shape index (κ2) is 10.3. The number of imide groups is 1. The predicted octanol–water partition coefficient (Wildman–Crippen LogP) is 3.69. The van der Waals surface area contributed by atoms with Crippen molar-refractivity contribution >= 4 is 34.2 Å². The van der Waals surface area contributed by atoms with E-state index in [1.54, 1.807) is 18.2 Å². The van der Waals surface area contributed by atoms with E-state index in [9.17, 15) is 19.2 Å². The van der Waals surface area contributed by atoms with E-state index in [-0.39, 0.29) is 29.3 Å². The first-order valence-corrected chi connectivity index (χ1v) is 14.0. The van der Waals surface area contributed by atoms with Crippen molar-refractivity contribution in [1.29, 1.82) is 0 Å². The lowest BCUT2D eigenvalue weighted by Crippen LogP contribution is -2.50. The third-order valence-electron chi connectivity index (χ3n) is 8.55. The summed E-state index contributed by atoms with van der Waals surface area (Å²) in [5.41, 5.74) is 2.05. The number of piperazine rings is 1. The second-order valence-corrected chi connectivity index (χ2v) is 10.8. The molecule has 0 radical (unpaired) electrons. The van der Waals surface area contributed by atoms with Crippen molar-refractivity contribution in [3.8, 4) is 0 Å². The fourth-order valence-electron chi connectivity index (χ4n) is 6.42. The fourth-order valence-corrected chi connectivity index (χ4v) is 6.42. The molecule has 3 heterocycles. The molecule has 6 rings (SSSR count). The number of aromatic amines is 1. The van der Waals surface area contributed by atoms with Crippen LogP contribution in [0.3, 0.4) is 0 Å². The normalized spacial score (nSPS) is 19.4. The van der Waals surface area contributed by atoms with Gasteiger partial charge in [0.05, 0.1) is 33.8 Å². The molecule has 202 valence electrons. The Morgan fingerprint density at radius 2 is 1.56 bits per heavy atom. The second-order valence-electron chi connectivity index (χ2n) is 10.8. The van der Waals surface area contributed by atoms with Gasteiger partial charge in [0.2, 0.25) is 5.91 Å². The summed E-state index contributed by atoms with van der Waals surface area (Å²) >= 11 is 0. The van der Waals surface area contributed by atoms with Gasteiger partial charge in [-0.2, -0.15) is 5.10 Å². The summed E-state index contributed by atoms with van der Waals surface area (Å²) in [4.78, 5) is 58.0. The summed E-state index contributed by atoms with van der Waals surface area (Å²) in [6, 6.07) is 12.7. The van der Waals surface area contributed by atoms with Gasteiger partial charge in [-0.3, -0.25) is 24.1 Å². The minimum absolute atomic E-state index is 0.0266. The van der Waals surface area contributed by atoms with Crippen LogP contribution in [-0.4, -0.2) is 69.9 Å². The molecule has 1 atom stereocenters. The highest BCUT2D eigenvalue weighted by Gasteiger charge is 2.42. The van der Waals surface area contributed by atoms with Crippen LogP contribution in [0, 0.1) is 0 Å². The van der Waals surface area contributed by atoms with E-state index in [1.165, 1.54) is 4.90 Å². The molecule has 39 heavy (non-hydrogen) atoms. The third kappa shape index (κ3) is 4.39. The van der Waals surface area contributed by atoms with Crippen LogP contribution in [-0.2, 0) is 4.79 Å². The van der Waals surface area contributed by atoms with E-state index in [2.05, 4.69) is 15.1 Å². The molecule has 3 amide bonds. The Bertz CT molecular complexity index is 1500. The van der Waals surface area contributed by atoms with Crippen LogP contribution in [0.4, 0.5) is 5.69 Å². The molecule has 1 aromatic heterocycles. The molecular formula is C30H33N5O4. The van der Waals surface area contributed by atoms with Gasteiger partial charge in [0.25, 0.3) is 17.4 Å². The Morgan fingerprint density at radius 3 is 2.28 bits per heavy atom. The van der Waals surface area contributed by atoms with E-state index < -0.39 is 5.92 Å². The number of nitrogens with zero attached hydrogens (tertiary/aromatic N) is 4. The van der Waals surface area contributed by atoms with Crippen molar-refractivity contribution in [2.45, 2.75) is 57.4 Å². The maximum atomic E-state index is 13.6. The lowest BCUT2D eigenvalue weighted by molar-refractivity contribution is -0.132. The van der Waals surface area contributed by atoms with Gasteiger partial charge < -0.3 is 9.80 Å². The van der Waals surface area contributed by atoms with E-state index >= 15 is 0 Å². The Labute approximate surface area is 226 Å². The molecule has 0 unspecified atom stereocenters. The van der Waals surface area contributed by atoms with Gasteiger partial charge >= 0.3 is 0 Å². The largest absolute Gasteiger partial charge is 0.367 e. The van der Waals surface area contributed by atoms with Gasteiger partial charge in [-0.15, -0.1) is 0 Å². The number of aromatic nitrogens is 2. The number of carbonyl (C=O) groups is 3. The molecule has 1 N–H and O–H groups in total. The van der Waals surface area contributed by atoms with Gasteiger partial charge in [0, 0.05) is 37.6 Å². The zero-order valence-corrected chi connectivity index (χ0v) is 22.2. The summed E-state index contributed by atoms with van der Waals surface area (Å²) in [6.07, 6.45) is 6.15. The van der Waals surface area contributed by atoms with Gasteiger partial charge in [-0.25, -0.2) is 5.10 Å². The van der Waals surface area contributed by atoms with Crippen molar-refractivity contribution in [3.05, 3.63) is 69.6 Å². The van der Waals surface area contributed by atoms with E-state index in [0.29, 0.717) is 53.8 Å². The van der Waals surface area contributed by atoms with Gasteiger partial charge in [0.15, 0.2) is 0 Å². The lowest BCUT2D eigenvalue weighted by Gasteiger charge is -2.37. The first-order chi connectivity index (χ1) is 19.0. The first-order valence-electron chi connectivity index (χ1n) is 14.0. The molecule has 9 nitrogen and oxygen atoms in total. The number of anilines is 1. The quantitative estimate of drug-likeness (QED) is 0.410. The predicted molar refractivity (Wildman–Crippen MR) is 148 cm³/mol. The molecule has 1 saturated carbocycles. The molecule has 0 bridgehead atoms. The summed E-state index contributed by atoms with van der Waals surface area (Å²) in [5, 5.41) is 7.94. The minimum atomic E-state index is -0.522. The van der Waals surface area contributed by atoms with Crippen molar-refractivity contribution in [3.63, 3.8) is 0 Å². The summed E-state index contributed by atoms with van der Waals surface area (Å²) in [7, 11) is 0. The maximum absolute atomic E-state index is 13.6. The highest BCUT2D eigenvalue weighted by Crippen LogP contribution is 2.36. The van der Waals surface area contributed by atoms with Crippen LogP contribution >= 0.6 is 0 Å². The van der Waals surface area contributed by atoms with Crippen molar-refractivity contribution < 1.29 is 14.4 Å². The number of hydrogen-bond donors (Lipinski definition) is 1. The van der Waals surface area contributed by atoms with Crippen LogP contribution in [0.25, 0.3) is 10.8 Å². The smallest absolute Gasteiger partial charge is 0.272 e. The molecule has 3 aromatic rings. The lowest BCUT2D eigenvalue weighted by atomic mass is 9.99. The molecule has 2 fully saturated rings. The molecule has 0 spiro atoms. The third-order valence-corrected chi connectivity index (χ3v) is 8.55. The number of amides is 3. The van der Waals surface area contributed by atoms with Gasteiger partial charge in [-0.05, 0) is 38.0 Å². The first kappa shape index (κ1) is 25.3. The van der Waals surface area contributed by atoms with Crippen molar-refractivity contribution in [2.75, 3.05) is 31.1 Å². The molecule has 3 aliphatic rings. The van der Waals surface area contributed by atoms with Crippen LogP contribution in [0.2, 0.25) is 0 Å². The number of hydrogen-bond acceptors (Lipinski definition) is 6. The monoisotopic (exact) mass is 527 g/mol. The zero-order chi connectivity index (χ0) is 27.1. The molecule has 2 aromatic carbocycles. The number of nitrogens with one attached hydrogen (secondary N) is 1. The molecule has 1 aliphatic carbocycles. The Kier molecular flexibility index (Phi) is 6.66. The van der Waals surface area contributed by atoms with Crippen LogP contribution in [0.5, 0.6) is 0 Å². The Morgan fingerprint density at radius 1 is 0.872 bits per heavy atom. The van der Waals surface area contributed by atoms with Crippen LogP contribution in [0.15, 0.2) is 47.3 Å². The Hall–Kier alpha value is -4.01. The highest BCUT2D eigenvalue weighted by molar-refractivity contribution is 6.24. The average Bonchev–Trinajstić information content (AvgIpc) is 3.12. The van der Waals surface area contributed by atoms with Crippen molar-refractivity contribution in [1.82, 2.24) is 20.0 Å².